The normalized spacial score (nSPS) is 10.6. The van der Waals surface area contributed by atoms with Crippen LogP contribution in [0.2, 0.25) is 0 Å². The molecule has 0 saturated carbocycles. The Hall–Kier alpha value is -1.62. The Morgan fingerprint density at radius 1 is 1.42 bits per heavy atom. The number of benzene rings is 1. The van der Waals surface area contributed by atoms with Crippen molar-refractivity contribution in [2.75, 3.05) is 6.61 Å². The summed E-state index contributed by atoms with van der Waals surface area (Å²) in [5.74, 6) is -1.20. The van der Waals surface area contributed by atoms with E-state index < -0.39 is 5.97 Å². The van der Waals surface area contributed by atoms with Gasteiger partial charge in [0, 0.05) is 17.0 Å². The molecule has 1 aromatic carbocycles. The summed E-state index contributed by atoms with van der Waals surface area (Å²) < 4.78 is 5.71. The average Bonchev–Trinajstić information content (AvgIpc) is 2.35. The van der Waals surface area contributed by atoms with E-state index in [0.717, 1.165) is 21.7 Å². The molecule has 0 heterocycles. The first-order chi connectivity index (χ1) is 9.02. The molecule has 0 fully saturated rings. The number of aliphatic carboxylic acids is 1. The zero-order valence-electron chi connectivity index (χ0n) is 10.6. The van der Waals surface area contributed by atoms with Crippen LogP contribution in [0.15, 0.2) is 28.7 Å². The van der Waals surface area contributed by atoms with Gasteiger partial charge >= 0.3 is 11.9 Å². The lowest BCUT2D eigenvalue weighted by molar-refractivity contribution is -0.143. The maximum atomic E-state index is 11.3. The number of carboxylic acid groups (broad SMARTS) is 1. The first-order valence-electron chi connectivity index (χ1n) is 5.88. The van der Waals surface area contributed by atoms with Crippen LogP contribution >= 0.6 is 15.9 Å². The molecule has 0 aliphatic heterocycles. The van der Waals surface area contributed by atoms with Crippen molar-refractivity contribution in [3.8, 4) is 0 Å². The van der Waals surface area contributed by atoms with Gasteiger partial charge in [-0.05, 0) is 36.6 Å². The SMILES string of the molecule is CCOC(=O)CCc1ccc(/C=C/C(=O)O)cc1Br. The zero-order valence-corrected chi connectivity index (χ0v) is 12.1. The molecular formula is C14H15BrO4. The Morgan fingerprint density at radius 3 is 2.74 bits per heavy atom. The van der Waals surface area contributed by atoms with Crippen LogP contribution in [0.1, 0.15) is 24.5 Å². The summed E-state index contributed by atoms with van der Waals surface area (Å²) in [6.45, 7) is 2.16. The number of hydrogen-bond acceptors (Lipinski definition) is 3. The third kappa shape index (κ3) is 5.70. The van der Waals surface area contributed by atoms with Crippen molar-refractivity contribution in [3.63, 3.8) is 0 Å². The molecule has 1 aromatic rings. The Labute approximate surface area is 120 Å². The maximum Gasteiger partial charge on any atom is 0.328 e. The smallest absolute Gasteiger partial charge is 0.328 e. The number of aryl methyl sites for hydroxylation is 1. The van der Waals surface area contributed by atoms with E-state index in [0.29, 0.717) is 19.4 Å². The topological polar surface area (TPSA) is 63.6 Å². The molecule has 0 amide bonds. The molecule has 0 radical (unpaired) electrons. The summed E-state index contributed by atoms with van der Waals surface area (Å²) in [6.07, 6.45) is 3.52. The third-order valence-corrected chi connectivity index (χ3v) is 3.14. The van der Waals surface area contributed by atoms with Crippen LogP contribution in [-0.4, -0.2) is 23.7 Å². The second-order valence-electron chi connectivity index (χ2n) is 3.83. The lowest BCUT2D eigenvalue weighted by Crippen LogP contribution is -2.05. The average molecular weight is 327 g/mol. The molecule has 0 bridgehead atoms. The van der Waals surface area contributed by atoms with Crippen LogP contribution in [0.25, 0.3) is 6.08 Å². The fraction of sp³-hybridized carbons (Fsp3) is 0.286. The molecule has 5 heteroatoms. The lowest BCUT2D eigenvalue weighted by atomic mass is 10.1. The van der Waals surface area contributed by atoms with Gasteiger partial charge in [-0.2, -0.15) is 0 Å². The highest BCUT2D eigenvalue weighted by Crippen LogP contribution is 2.21. The summed E-state index contributed by atoms with van der Waals surface area (Å²) >= 11 is 3.41. The quantitative estimate of drug-likeness (QED) is 0.644. The Bertz CT molecular complexity index is 494. The Morgan fingerprint density at radius 2 is 2.16 bits per heavy atom. The van der Waals surface area contributed by atoms with Gasteiger partial charge in [-0.15, -0.1) is 0 Å². The van der Waals surface area contributed by atoms with Gasteiger partial charge < -0.3 is 9.84 Å². The first kappa shape index (κ1) is 15.4. The maximum absolute atomic E-state index is 11.3. The van der Waals surface area contributed by atoms with Crippen LogP contribution in [0, 0.1) is 0 Å². The van der Waals surface area contributed by atoms with E-state index in [1.165, 1.54) is 6.08 Å². The predicted molar refractivity (Wildman–Crippen MR) is 75.8 cm³/mol. The molecule has 0 unspecified atom stereocenters. The number of halogens is 1. The van der Waals surface area contributed by atoms with Gasteiger partial charge in [0.2, 0.25) is 0 Å². The first-order valence-corrected chi connectivity index (χ1v) is 6.67. The second kappa shape index (κ2) is 7.74. The summed E-state index contributed by atoms with van der Waals surface area (Å²) in [5, 5.41) is 8.54. The summed E-state index contributed by atoms with van der Waals surface area (Å²) in [7, 11) is 0. The van der Waals surface area contributed by atoms with Gasteiger partial charge in [-0.25, -0.2) is 4.79 Å². The van der Waals surface area contributed by atoms with Crippen molar-refractivity contribution in [1.29, 1.82) is 0 Å². The molecule has 0 saturated heterocycles. The largest absolute Gasteiger partial charge is 0.478 e. The molecular weight excluding hydrogens is 312 g/mol. The number of ether oxygens (including phenoxy) is 1. The van der Waals surface area contributed by atoms with Crippen LogP contribution < -0.4 is 0 Å². The highest BCUT2D eigenvalue weighted by Gasteiger charge is 2.05. The van der Waals surface area contributed by atoms with E-state index in [9.17, 15) is 9.59 Å². The van der Waals surface area contributed by atoms with Gasteiger partial charge in [0.15, 0.2) is 0 Å². The van der Waals surface area contributed by atoms with E-state index in [1.54, 1.807) is 6.92 Å². The molecule has 4 nitrogen and oxygen atoms in total. The fourth-order valence-corrected chi connectivity index (χ4v) is 2.10. The number of esters is 1. The van der Waals surface area contributed by atoms with Gasteiger partial charge in [-0.1, -0.05) is 28.1 Å². The standard InChI is InChI=1S/C14H15BrO4/c1-2-19-14(18)8-6-11-5-3-10(9-12(11)15)4-7-13(16)17/h3-5,7,9H,2,6,8H2,1H3,(H,16,17)/b7-4+. The molecule has 19 heavy (non-hydrogen) atoms. The predicted octanol–water partition coefficient (Wildman–Crippen LogP) is 3.04. The van der Waals surface area contributed by atoms with Crippen LogP contribution in [0.3, 0.4) is 0 Å². The van der Waals surface area contributed by atoms with Gasteiger partial charge in [0.05, 0.1) is 6.61 Å². The minimum absolute atomic E-state index is 0.218. The van der Waals surface area contributed by atoms with E-state index in [-0.39, 0.29) is 5.97 Å². The van der Waals surface area contributed by atoms with E-state index >= 15 is 0 Å². The van der Waals surface area contributed by atoms with E-state index in [4.69, 9.17) is 9.84 Å². The third-order valence-electron chi connectivity index (χ3n) is 2.40. The van der Waals surface area contributed by atoms with Crippen molar-refractivity contribution in [2.45, 2.75) is 19.8 Å². The number of hydrogen-bond donors (Lipinski definition) is 1. The van der Waals surface area contributed by atoms with E-state index in [1.807, 2.05) is 18.2 Å². The zero-order chi connectivity index (χ0) is 14.3. The minimum atomic E-state index is -0.984. The number of rotatable bonds is 6. The van der Waals surface area contributed by atoms with Crippen molar-refractivity contribution in [2.24, 2.45) is 0 Å². The number of carboxylic acids is 1. The molecule has 0 atom stereocenters. The summed E-state index contributed by atoms with van der Waals surface area (Å²) in [4.78, 5) is 21.7. The molecule has 0 aliphatic carbocycles. The Kier molecular flexibility index (Phi) is 6.29. The Balaban J connectivity index is 2.67. The van der Waals surface area contributed by atoms with Crippen molar-refractivity contribution in [1.82, 2.24) is 0 Å². The van der Waals surface area contributed by atoms with Crippen molar-refractivity contribution in [3.05, 3.63) is 39.9 Å². The van der Waals surface area contributed by atoms with Gasteiger partial charge in [-0.3, -0.25) is 4.79 Å². The van der Waals surface area contributed by atoms with Crippen molar-refractivity contribution < 1.29 is 19.4 Å². The second-order valence-corrected chi connectivity index (χ2v) is 4.68. The fourth-order valence-electron chi connectivity index (χ4n) is 1.51. The van der Waals surface area contributed by atoms with Gasteiger partial charge in [0.25, 0.3) is 0 Å². The summed E-state index contributed by atoms with van der Waals surface area (Å²) in [5.41, 5.74) is 1.77. The molecule has 0 spiro atoms. The molecule has 0 aromatic heterocycles. The number of carbonyl (C=O) groups excluding carboxylic acids is 1. The highest BCUT2D eigenvalue weighted by molar-refractivity contribution is 9.10. The van der Waals surface area contributed by atoms with E-state index in [2.05, 4.69) is 15.9 Å². The molecule has 102 valence electrons. The monoisotopic (exact) mass is 326 g/mol. The van der Waals surface area contributed by atoms with Gasteiger partial charge in [0.1, 0.15) is 0 Å². The van der Waals surface area contributed by atoms with Crippen LogP contribution in [0.5, 0.6) is 0 Å². The minimum Gasteiger partial charge on any atom is -0.478 e. The highest BCUT2D eigenvalue weighted by atomic mass is 79.9. The van der Waals surface area contributed by atoms with Crippen molar-refractivity contribution >= 4 is 33.9 Å². The van der Waals surface area contributed by atoms with Crippen LogP contribution in [-0.2, 0) is 20.7 Å². The summed E-state index contributed by atoms with van der Waals surface area (Å²) in [6, 6.07) is 5.50. The number of carbonyl (C=O) groups is 2. The molecule has 0 aliphatic rings. The lowest BCUT2D eigenvalue weighted by Gasteiger charge is -2.05. The van der Waals surface area contributed by atoms with Crippen LogP contribution in [0.4, 0.5) is 0 Å². The molecule has 1 N–H and O–H groups in total. The molecule has 1 rings (SSSR count).